The monoisotopic (exact) mass is 395 g/mol. The minimum atomic E-state index is 0.624. The summed E-state index contributed by atoms with van der Waals surface area (Å²) in [5, 5.41) is 14.3. The maximum atomic E-state index is 5.04. The lowest BCUT2D eigenvalue weighted by Gasteiger charge is -2.07. The fraction of sp³-hybridized carbons (Fsp3) is 0.158. The molecule has 0 saturated carbocycles. The van der Waals surface area contributed by atoms with Crippen molar-refractivity contribution in [2.75, 3.05) is 25.6 Å². The fourth-order valence-electron chi connectivity index (χ4n) is 2.51. The first kappa shape index (κ1) is 17.8. The normalized spacial score (nSPS) is 11.0. The molecule has 6 nitrogen and oxygen atoms in total. The topological polar surface area (TPSA) is 72.8 Å². The van der Waals surface area contributed by atoms with E-state index in [1.807, 2.05) is 54.6 Å². The van der Waals surface area contributed by atoms with Gasteiger partial charge in [-0.3, -0.25) is 0 Å². The highest BCUT2D eigenvalue weighted by atomic mass is 32.2. The number of aromatic nitrogens is 4. The van der Waals surface area contributed by atoms with Gasteiger partial charge in [0.2, 0.25) is 5.13 Å². The van der Waals surface area contributed by atoms with Gasteiger partial charge in [0.15, 0.2) is 10.2 Å². The van der Waals surface area contributed by atoms with Gasteiger partial charge in [-0.1, -0.05) is 59.9 Å². The molecule has 0 unspecified atom stereocenters. The summed E-state index contributed by atoms with van der Waals surface area (Å²) < 4.78 is 5.87. The Morgan fingerprint density at radius 2 is 1.81 bits per heavy atom. The van der Waals surface area contributed by atoms with Crippen LogP contribution in [0.1, 0.15) is 0 Å². The molecule has 0 aliphatic carbocycles. The summed E-state index contributed by atoms with van der Waals surface area (Å²) in [6.45, 7) is 1.32. The number of fused-ring (bicyclic) bond motifs is 1. The number of methoxy groups -OCH3 is 1. The molecule has 8 heteroatoms. The standard InChI is InChI=1S/C19H17N5OS2/c1-25-12-11-20-18-23-24-19(27-18)26-17-14-9-5-6-10-15(14)21-16(22-17)13-7-3-2-4-8-13/h2-10H,11-12H2,1H3,(H,20,23). The minimum Gasteiger partial charge on any atom is -0.383 e. The van der Waals surface area contributed by atoms with Crippen molar-refractivity contribution in [2.24, 2.45) is 0 Å². The zero-order valence-electron chi connectivity index (χ0n) is 14.6. The first-order valence-electron chi connectivity index (χ1n) is 8.40. The van der Waals surface area contributed by atoms with E-state index in [1.165, 1.54) is 23.1 Å². The Morgan fingerprint density at radius 3 is 2.67 bits per heavy atom. The molecule has 2 heterocycles. The predicted molar refractivity (Wildman–Crippen MR) is 109 cm³/mol. The van der Waals surface area contributed by atoms with Crippen molar-refractivity contribution < 1.29 is 4.74 Å². The summed E-state index contributed by atoms with van der Waals surface area (Å²) in [4.78, 5) is 9.52. The Bertz CT molecular complexity index is 1040. The highest BCUT2D eigenvalue weighted by Crippen LogP contribution is 2.35. The minimum absolute atomic E-state index is 0.624. The summed E-state index contributed by atoms with van der Waals surface area (Å²) in [6, 6.07) is 18.0. The van der Waals surface area contributed by atoms with Gasteiger partial charge in [0.1, 0.15) is 5.03 Å². The van der Waals surface area contributed by atoms with Crippen LogP contribution >= 0.6 is 23.1 Å². The molecule has 0 bridgehead atoms. The largest absolute Gasteiger partial charge is 0.383 e. The number of ether oxygens (including phenoxy) is 1. The molecule has 0 saturated heterocycles. The van der Waals surface area contributed by atoms with E-state index in [0.29, 0.717) is 19.0 Å². The second-order valence-electron chi connectivity index (χ2n) is 5.63. The summed E-state index contributed by atoms with van der Waals surface area (Å²) in [6.07, 6.45) is 0. The van der Waals surface area contributed by atoms with E-state index in [-0.39, 0.29) is 0 Å². The lowest BCUT2D eigenvalue weighted by Crippen LogP contribution is -2.06. The Kier molecular flexibility index (Phi) is 5.57. The first-order chi connectivity index (χ1) is 13.3. The quantitative estimate of drug-likeness (QED) is 0.368. The molecule has 4 rings (SSSR count). The molecule has 2 aromatic carbocycles. The van der Waals surface area contributed by atoms with Crippen molar-refractivity contribution in [1.29, 1.82) is 0 Å². The molecule has 0 aliphatic rings. The Hall–Kier alpha value is -2.55. The maximum absolute atomic E-state index is 5.04. The number of rotatable bonds is 7. The van der Waals surface area contributed by atoms with Crippen LogP contribution in [0.2, 0.25) is 0 Å². The molecule has 0 fully saturated rings. The van der Waals surface area contributed by atoms with Crippen LogP contribution in [0.15, 0.2) is 64.0 Å². The van der Waals surface area contributed by atoms with E-state index in [2.05, 4.69) is 15.5 Å². The molecular formula is C19H17N5OS2. The van der Waals surface area contributed by atoms with Crippen molar-refractivity contribution in [3.63, 3.8) is 0 Å². The van der Waals surface area contributed by atoms with Crippen LogP contribution in [-0.4, -0.2) is 40.4 Å². The maximum Gasteiger partial charge on any atom is 0.206 e. The molecule has 2 aromatic heterocycles. The summed E-state index contributed by atoms with van der Waals surface area (Å²) in [5.41, 5.74) is 1.90. The number of hydrogen-bond donors (Lipinski definition) is 1. The van der Waals surface area contributed by atoms with E-state index < -0.39 is 0 Å². The lowest BCUT2D eigenvalue weighted by atomic mass is 10.2. The third-order valence-electron chi connectivity index (χ3n) is 3.77. The van der Waals surface area contributed by atoms with Crippen molar-refractivity contribution in [2.45, 2.75) is 9.37 Å². The summed E-state index contributed by atoms with van der Waals surface area (Å²) in [7, 11) is 1.67. The average Bonchev–Trinajstić information content (AvgIpc) is 3.16. The second kappa shape index (κ2) is 8.43. The van der Waals surface area contributed by atoms with E-state index in [9.17, 15) is 0 Å². The Labute approximate surface area is 165 Å². The van der Waals surface area contributed by atoms with Crippen LogP contribution in [0.3, 0.4) is 0 Å². The van der Waals surface area contributed by atoms with Crippen molar-refractivity contribution in [1.82, 2.24) is 20.2 Å². The third-order valence-corrected chi connectivity index (χ3v) is 5.71. The van der Waals surface area contributed by atoms with Gasteiger partial charge in [0.05, 0.1) is 12.1 Å². The molecule has 136 valence electrons. The van der Waals surface area contributed by atoms with Crippen molar-refractivity contribution >= 4 is 39.1 Å². The molecule has 0 amide bonds. The van der Waals surface area contributed by atoms with Gasteiger partial charge in [-0.25, -0.2) is 9.97 Å². The fourth-order valence-corrected chi connectivity index (χ4v) is 4.31. The van der Waals surface area contributed by atoms with Gasteiger partial charge in [0, 0.05) is 24.6 Å². The smallest absolute Gasteiger partial charge is 0.206 e. The lowest BCUT2D eigenvalue weighted by molar-refractivity contribution is 0.211. The van der Waals surface area contributed by atoms with Crippen LogP contribution in [0.5, 0.6) is 0 Å². The first-order valence-corrected chi connectivity index (χ1v) is 10.0. The number of nitrogens with one attached hydrogen (secondary N) is 1. The van der Waals surface area contributed by atoms with E-state index in [1.54, 1.807) is 7.11 Å². The zero-order valence-corrected chi connectivity index (χ0v) is 16.3. The van der Waals surface area contributed by atoms with Crippen LogP contribution in [0, 0.1) is 0 Å². The van der Waals surface area contributed by atoms with E-state index in [0.717, 1.165) is 31.0 Å². The molecule has 0 spiro atoms. The number of benzene rings is 2. The number of para-hydroxylation sites is 1. The Morgan fingerprint density at radius 1 is 1.00 bits per heavy atom. The molecule has 27 heavy (non-hydrogen) atoms. The molecule has 0 radical (unpaired) electrons. The highest BCUT2D eigenvalue weighted by Gasteiger charge is 2.13. The van der Waals surface area contributed by atoms with Crippen LogP contribution in [0.4, 0.5) is 5.13 Å². The van der Waals surface area contributed by atoms with Crippen molar-refractivity contribution in [3.05, 3.63) is 54.6 Å². The summed E-state index contributed by atoms with van der Waals surface area (Å²) in [5.74, 6) is 0.708. The Balaban J connectivity index is 1.66. The van der Waals surface area contributed by atoms with Gasteiger partial charge in [-0.2, -0.15) is 0 Å². The molecular weight excluding hydrogens is 378 g/mol. The SMILES string of the molecule is COCCNc1nnc(Sc2nc(-c3ccccc3)nc3ccccc23)s1. The van der Waals surface area contributed by atoms with Gasteiger partial charge < -0.3 is 10.1 Å². The van der Waals surface area contributed by atoms with Crippen LogP contribution in [-0.2, 0) is 4.74 Å². The van der Waals surface area contributed by atoms with Gasteiger partial charge in [-0.05, 0) is 17.8 Å². The van der Waals surface area contributed by atoms with Crippen LogP contribution in [0.25, 0.3) is 22.3 Å². The molecule has 0 atom stereocenters. The van der Waals surface area contributed by atoms with Crippen molar-refractivity contribution in [3.8, 4) is 11.4 Å². The molecule has 4 aromatic rings. The molecule has 0 aliphatic heterocycles. The number of hydrogen-bond acceptors (Lipinski definition) is 8. The zero-order chi connectivity index (χ0) is 18.5. The predicted octanol–water partition coefficient (Wildman–Crippen LogP) is 4.36. The average molecular weight is 396 g/mol. The van der Waals surface area contributed by atoms with Gasteiger partial charge in [0.25, 0.3) is 0 Å². The highest BCUT2D eigenvalue weighted by molar-refractivity contribution is 8.01. The number of anilines is 1. The second-order valence-corrected chi connectivity index (χ2v) is 7.84. The summed E-state index contributed by atoms with van der Waals surface area (Å²) >= 11 is 3.01. The van der Waals surface area contributed by atoms with Crippen LogP contribution < -0.4 is 5.32 Å². The van der Waals surface area contributed by atoms with Gasteiger partial charge >= 0.3 is 0 Å². The number of nitrogens with zero attached hydrogens (tertiary/aromatic N) is 4. The van der Waals surface area contributed by atoms with E-state index >= 15 is 0 Å². The molecule has 1 N–H and O–H groups in total. The van der Waals surface area contributed by atoms with Gasteiger partial charge in [-0.15, -0.1) is 10.2 Å². The third kappa shape index (κ3) is 4.24. The van der Waals surface area contributed by atoms with E-state index in [4.69, 9.17) is 14.7 Å².